The van der Waals surface area contributed by atoms with E-state index >= 15 is 0 Å². The highest BCUT2D eigenvalue weighted by Gasteiger charge is 2.42. The normalized spacial score (nSPS) is 23.3. The molecule has 1 aromatic rings. The third-order valence-corrected chi connectivity index (χ3v) is 2.94. The summed E-state index contributed by atoms with van der Waals surface area (Å²) in [6.45, 7) is 1.29. The fraction of sp³-hybridized carbons (Fsp3) is 0.625. The number of nitrogens with zero attached hydrogens (tertiary/aromatic N) is 2. The molecule has 2 N–H and O–H groups in total. The molecular weight excluding hydrogens is 238 g/mol. The van der Waals surface area contributed by atoms with E-state index in [4.69, 9.17) is 0 Å². The van der Waals surface area contributed by atoms with Crippen LogP contribution in [0, 0.1) is 6.92 Å². The van der Waals surface area contributed by atoms with Crippen molar-refractivity contribution in [2.24, 2.45) is 0 Å². The van der Waals surface area contributed by atoms with Gasteiger partial charge in [0.1, 0.15) is 5.01 Å². The summed E-state index contributed by atoms with van der Waals surface area (Å²) in [6, 6.07) is -0.862. The second-order valence-corrected chi connectivity index (χ2v) is 4.79. The summed E-state index contributed by atoms with van der Waals surface area (Å²) < 4.78 is 25.7. The maximum Gasteiger partial charge on any atom is 0.262 e. The Kier molecular flexibility index (Phi) is 2.85. The molecule has 0 radical (unpaired) electrons. The molecule has 88 valence electrons. The first-order chi connectivity index (χ1) is 7.46. The standard InChI is InChI=1S/C8H10F2N4OS/c1-4-13-14-7(16-4)12-6(15)5-2-8(9,10)3-11-5/h5,11H,2-3H2,1H3,(H,12,14,15). The lowest BCUT2D eigenvalue weighted by Gasteiger charge is -2.08. The topological polar surface area (TPSA) is 66.9 Å². The predicted octanol–water partition coefficient (Wildman–Crippen LogP) is 0.782. The second kappa shape index (κ2) is 4.02. The molecule has 0 spiro atoms. The van der Waals surface area contributed by atoms with Gasteiger partial charge in [0.15, 0.2) is 0 Å². The number of hydrogen-bond donors (Lipinski definition) is 2. The molecule has 1 atom stereocenters. The van der Waals surface area contributed by atoms with Gasteiger partial charge >= 0.3 is 0 Å². The van der Waals surface area contributed by atoms with E-state index in [1.807, 2.05) is 0 Å². The van der Waals surface area contributed by atoms with Gasteiger partial charge in [-0.15, -0.1) is 10.2 Å². The number of amides is 1. The van der Waals surface area contributed by atoms with Gasteiger partial charge in [-0.3, -0.25) is 15.4 Å². The Balaban J connectivity index is 1.94. The minimum Gasteiger partial charge on any atom is -0.300 e. The van der Waals surface area contributed by atoms with Gasteiger partial charge in [0.25, 0.3) is 5.92 Å². The number of aryl methyl sites for hydroxylation is 1. The Morgan fingerprint density at radius 2 is 2.38 bits per heavy atom. The van der Waals surface area contributed by atoms with E-state index < -0.39 is 30.8 Å². The lowest BCUT2D eigenvalue weighted by Crippen LogP contribution is -2.35. The van der Waals surface area contributed by atoms with Crippen molar-refractivity contribution in [3.8, 4) is 0 Å². The maximum atomic E-state index is 12.8. The smallest absolute Gasteiger partial charge is 0.262 e. The van der Waals surface area contributed by atoms with E-state index in [1.165, 1.54) is 11.3 Å². The Bertz CT molecular complexity index is 408. The Morgan fingerprint density at radius 3 is 2.88 bits per heavy atom. The van der Waals surface area contributed by atoms with Gasteiger partial charge in [-0.1, -0.05) is 11.3 Å². The van der Waals surface area contributed by atoms with Crippen LogP contribution < -0.4 is 10.6 Å². The fourth-order valence-corrected chi connectivity index (χ4v) is 2.04. The molecule has 0 aliphatic carbocycles. The minimum atomic E-state index is -2.81. The van der Waals surface area contributed by atoms with Gasteiger partial charge in [-0.05, 0) is 6.92 Å². The number of anilines is 1. The highest BCUT2D eigenvalue weighted by atomic mass is 32.1. The van der Waals surface area contributed by atoms with Crippen LogP contribution in [0.5, 0.6) is 0 Å². The molecule has 2 rings (SSSR count). The molecule has 5 nitrogen and oxygen atoms in total. The van der Waals surface area contributed by atoms with Crippen molar-refractivity contribution in [3.63, 3.8) is 0 Å². The quantitative estimate of drug-likeness (QED) is 0.811. The van der Waals surface area contributed by atoms with Crippen molar-refractivity contribution in [1.29, 1.82) is 0 Å². The first-order valence-electron chi connectivity index (χ1n) is 4.68. The van der Waals surface area contributed by atoms with Crippen molar-refractivity contribution >= 4 is 22.4 Å². The van der Waals surface area contributed by atoms with E-state index in [2.05, 4.69) is 20.8 Å². The summed E-state index contributed by atoms with van der Waals surface area (Å²) in [5.41, 5.74) is 0. The average molecular weight is 248 g/mol. The second-order valence-electron chi connectivity index (χ2n) is 3.61. The lowest BCUT2D eigenvalue weighted by atomic mass is 10.2. The van der Waals surface area contributed by atoms with Crippen LogP contribution in [-0.4, -0.2) is 34.6 Å². The molecule has 1 aliphatic rings. The molecule has 8 heteroatoms. The molecule has 1 amide bonds. The van der Waals surface area contributed by atoms with Crippen molar-refractivity contribution in [2.45, 2.75) is 25.3 Å². The van der Waals surface area contributed by atoms with E-state index in [0.29, 0.717) is 10.1 Å². The summed E-state index contributed by atoms with van der Waals surface area (Å²) in [7, 11) is 0. The monoisotopic (exact) mass is 248 g/mol. The number of carbonyl (C=O) groups excluding carboxylic acids is 1. The Hall–Kier alpha value is -1.15. The molecular formula is C8H10F2N4OS. The number of aromatic nitrogens is 2. The minimum absolute atomic E-state index is 0.333. The zero-order valence-electron chi connectivity index (χ0n) is 8.46. The highest BCUT2D eigenvalue weighted by molar-refractivity contribution is 7.15. The molecule has 16 heavy (non-hydrogen) atoms. The van der Waals surface area contributed by atoms with Crippen LogP contribution in [0.4, 0.5) is 13.9 Å². The summed E-state index contributed by atoms with van der Waals surface area (Å²) in [5, 5.41) is 13.4. The summed E-state index contributed by atoms with van der Waals surface area (Å²) in [6.07, 6.45) is -0.476. The van der Waals surface area contributed by atoms with Gasteiger partial charge in [0.05, 0.1) is 12.6 Å². The highest BCUT2D eigenvalue weighted by Crippen LogP contribution is 2.26. The number of nitrogens with one attached hydrogen (secondary N) is 2. The van der Waals surface area contributed by atoms with Crippen LogP contribution in [0.15, 0.2) is 0 Å². The van der Waals surface area contributed by atoms with Crippen molar-refractivity contribution < 1.29 is 13.6 Å². The first-order valence-corrected chi connectivity index (χ1v) is 5.50. The zero-order valence-corrected chi connectivity index (χ0v) is 9.27. The number of halogens is 2. The SMILES string of the molecule is Cc1nnc(NC(=O)C2CC(F)(F)CN2)s1. The summed E-state index contributed by atoms with van der Waals surface area (Å²) in [4.78, 5) is 11.5. The Morgan fingerprint density at radius 1 is 1.62 bits per heavy atom. The van der Waals surface area contributed by atoms with Crippen LogP contribution in [-0.2, 0) is 4.79 Å². The van der Waals surface area contributed by atoms with E-state index in [0.717, 1.165) is 0 Å². The largest absolute Gasteiger partial charge is 0.300 e. The van der Waals surface area contributed by atoms with Crippen molar-refractivity contribution in [3.05, 3.63) is 5.01 Å². The lowest BCUT2D eigenvalue weighted by molar-refractivity contribution is -0.118. The van der Waals surface area contributed by atoms with E-state index in [1.54, 1.807) is 6.92 Å². The van der Waals surface area contributed by atoms with Crippen LogP contribution in [0.1, 0.15) is 11.4 Å². The summed E-state index contributed by atoms with van der Waals surface area (Å²) >= 11 is 1.21. The van der Waals surface area contributed by atoms with E-state index in [-0.39, 0.29) is 0 Å². The number of carbonyl (C=O) groups is 1. The number of alkyl halides is 2. The third-order valence-electron chi connectivity index (χ3n) is 2.18. The molecule has 0 saturated carbocycles. The predicted molar refractivity (Wildman–Crippen MR) is 54.6 cm³/mol. The maximum absolute atomic E-state index is 12.8. The molecule has 1 aromatic heterocycles. The molecule has 0 bridgehead atoms. The van der Waals surface area contributed by atoms with Crippen molar-refractivity contribution in [2.75, 3.05) is 11.9 Å². The van der Waals surface area contributed by atoms with E-state index in [9.17, 15) is 13.6 Å². The first kappa shape index (κ1) is 11.3. The third kappa shape index (κ3) is 2.50. The molecule has 2 heterocycles. The average Bonchev–Trinajstić information content (AvgIpc) is 2.72. The van der Waals surface area contributed by atoms with Crippen LogP contribution in [0.2, 0.25) is 0 Å². The van der Waals surface area contributed by atoms with Gasteiger partial charge in [0.2, 0.25) is 11.0 Å². The van der Waals surface area contributed by atoms with Gasteiger partial charge < -0.3 is 0 Å². The van der Waals surface area contributed by atoms with Gasteiger partial charge in [-0.25, -0.2) is 8.78 Å². The molecule has 0 aromatic carbocycles. The molecule has 1 aliphatic heterocycles. The van der Waals surface area contributed by atoms with Crippen LogP contribution in [0.25, 0.3) is 0 Å². The van der Waals surface area contributed by atoms with Crippen LogP contribution >= 0.6 is 11.3 Å². The molecule has 1 saturated heterocycles. The molecule has 1 fully saturated rings. The number of hydrogen-bond acceptors (Lipinski definition) is 5. The van der Waals surface area contributed by atoms with Crippen LogP contribution in [0.3, 0.4) is 0 Å². The van der Waals surface area contributed by atoms with Gasteiger partial charge in [-0.2, -0.15) is 0 Å². The molecule has 1 unspecified atom stereocenters. The van der Waals surface area contributed by atoms with Gasteiger partial charge in [0, 0.05) is 6.42 Å². The fourth-order valence-electron chi connectivity index (χ4n) is 1.44. The number of rotatable bonds is 2. The summed E-state index contributed by atoms with van der Waals surface area (Å²) in [5.74, 6) is -3.30. The zero-order chi connectivity index (χ0) is 11.8. The Labute approximate surface area is 94.3 Å². The van der Waals surface area contributed by atoms with Crippen molar-refractivity contribution in [1.82, 2.24) is 15.5 Å².